The molecule has 0 atom stereocenters. The molecule has 1 saturated heterocycles. The van der Waals surface area contributed by atoms with Crippen LogP contribution >= 0.6 is 0 Å². The van der Waals surface area contributed by atoms with E-state index in [0.717, 1.165) is 12.1 Å². The number of rotatable bonds is 3. The Morgan fingerprint density at radius 1 is 1.23 bits per heavy atom. The zero-order chi connectivity index (χ0) is 15.9. The van der Waals surface area contributed by atoms with Crippen LogP contribution in [0.4, 0.5) is 13.2 Å². The molecule has 1 aliphatic rings. The Morgan fingerprint density at radius 3 is 2.50 bits per heavy atom. The second-order valence-corrected chi connectivity index (χ2v) is 5.29. The zero-order valence-electron chi connectivity index (χ0n) is 11.7. The third kappa shape index (κ3) is 2.29. The highest BCUT2D eigenvalue weighted by Gasteiger charge is 2.41. The fraction of sp³-hybridized carbons (Fsp3) is 0.250. The van der Waals surface area contributed by atoms with Crippen molar-refractivity contribution in [1.82, 2.24) is 4.98 Å². The normalized spacial score (nSPS) is 16.2. The summed E-state index contributed by atoms with van der Waals surface area (Å²) < 4.78 is 47.5. The summed E-state index contributed by atoms with van der Waals surface area (Å²) in [5.41, 5.74) is -1.55. The molecule has 2 heterocycles. The number of benzene rings is 1. The van der Waals surface area contributed by atoms with E-state index in [2.05, 4.69) is 4.98 Å². The molecule has 2 aromatic rings. The van der Waals surface area contributed by atoms with E-state index in [-0.39, 0.29) is 35.7 Å². The van der Waals surface area contributed by atoms with Gasteiger partial charge < -0.3 is 4.74 Å². The molecule has 0 N–H and O–H groups in total. The topological polar surface area (TPSA) is 39.2 Å². The van der Waals surface area contributed by atoms with Crippen LogP contribution in [0.1, 0.15) is 21.6 Å². The molecule has 0 amide bonds. The average molecular weight is 307 g/mol. The zero-order valence-corrected chi connectivity index (χ0v) is 11.7. The number of aryl methyl sites for hydroxylation is 1. The van der Waals surface area contributed by atoms with E-state index < -0.39 is 17.3 Å². The lowest BCUT2D eigenvalue weighted by atomic mass is 9.90. The number of carbonyl (C=O) groups excluding carboxylic acids is 1. The van der Waals surface area contributed by atoms with Gasteiger partial charge in [0.2, 0.25) is 0 Å². The highest BCUT2D eigenvalue weighted by atomic mass is 19.1. The summed E-state index contributed by atoms with van der Waals surface area (Å²) in [6.45, 7) is 1.29. The average Bonchev–Trinajstić information content (AvgIpc) is 2.45. The van der Waals surface area contributed by atoms with Crippen molar-refractivity contribution in [3.63, 3.8) is 0 Å². The van der Waals surface area contributed by atoms with Gasteiger partial charge in [0.05, 0.1) is 13.2 Å². The second-order valence-electron chi connectivity index (χ2n) is 5.29. The van der Waals surface area contributed by atoms with Gasteiger partial charge in [-0.05, 0) is 36.2 Å². The van der Waals surface area contributed by atoms with Gasteiger partial charge in [-0.1, -0.05) is 6.07 Å². The number of halogens is 3. The molecular formula is C16H12F3NO2. The third-order valence-corrected chi connectivity index (χ3v) is 3.69. The molecule has 22 heavy (non-hydrogen) atoms. The first-order chi connectivity index (χ1) is 10.4. The summed E-state index contributed by atoms with van der Waals surface area (Å²) in [6.07, 6.45) is 0.451. The van der Waals surface area contributed by atoms with Crippen LogP contribution in [0.5, 0.6) is 0 Å². The van der Waals surface area contributed by atoms with Gasteiger partial charge in [-0.3, -0.25) is 4.79 Å². The monoisotopic (exact) mass is 307 g/mol. The summed E-state index contributed by atoms with van der Waals surface area (Å²) in [5.74, 6) is -1.53. The predicted molar refractivity (Wildman–Crippen MR) is 73.3 cm³/mol. The molecule has 1 aromatic heterocycles. The number of aromatic nitrogens is 1. The minimum absolute atomic E-state index is 0.00590. The lowest BCUT2D eigenvalue weighted by molar-refractivity contribution is -0.135. The molecule has 0 radical (unpaired) electrons. The molecule has 1 aliphatic heterocycles. The van der Waals surface area contributed by atoms with Crippen LogP contribution in [-0.4, -0.2) is 24.5 Å². The molecule has 114 valence electrons. The van der Waals surface area contributed by atoms with Gasteiger partial charge in [0.1, 0.15) is 23.0 Å². The largest absolute Gasteiger partial charge is 0.374 e. The number of ether oxygens (including phenoxy) is 1. The third-order valence-electron chi connectivity index (χ3n) is 3.69. The molecule has 1 fully saturated rings. The Hall–Kier alpha value is -2.21. The number of hydrogen-bond acceptors (Lipinski definition) is 3. The van der Waals surface area contributed by atoms with Crippen LogP contribution in [0.3, 0.4) is 0 Å². The van der Waals surface area contributed by atoms with Crippen molar-refractivity contribution in [3.05, 3.63) is 52.7 Å². The highest BCUT2D eigenvalue weighted by molar-refractivity contribution is 5.75. The van der Waals surface area contributed by atoms with E-state index in [1.54, 1.807) is 6.92 Å². The fourth-order valence-corrected chi connectivity index (χ4v) is 2.45. The molecular weight excluding hydrogens is 295 g/mol. The molecule has 1 aromatic carbocycles. The predicted octanol–water partition coefficient (Wildman–Crippen LogP) is 3.34. The Morgan fingerprint density at radius 2 is 1.95 bits per heavy atom. The first kappa shape index (κ1) is 14.7. The molecule has 3 nitrogen and oxygen atoms in total. The van der Waals surface area contributed by atoms with Gasteiger partial charge in [-0.15, -0.1) is 0 Å². The maximum atomic E-state index is 14.4. The quantitative estimate of drug-likeness (QED) is 0.816. The van der Waals surface area contributed by atoms with Crippen molar-refractivity contribution in [2.75, 3.05) is 13.2 Å². The minimum Gasteiger partial charge on any atom is -0.374 e. The van der Waals surface area contributed by atoms with E-state index in [4.69, 9.17) is 4.74 Å². The van der Waals surface area contributed by atoms with E-state index in [9.17, 15) is 18.0 Å². The summed E-state index contributed by atoms with van der Waals surface area (Å²) in [5, 5.41) is 0. The van der Waals surface area contributed by atoms with Crippen molar-refractivity contribution in [2.45, 2.75) is 12.6 Å². The smallest absolute Gasteiger partial charge is 0.182 e. The molecule has 6 heteroatoms. The Kier molecular flexibility index (Phi) is 3.48. The molecule has 0 unspecified atom stereocenters. The van der Waals surface area contributed by atoms with Crippen LogP contribution in [0.25, 0.3) is 11.3 Å². The van der Waals surface area contributed by atoms with Gasteiger partial charge in [0.15, 0.2) is 12.0 Å². The number of hydrogen-bond donors (Lipinski definition) is 0. The van der Waals surface area contributed by atoms with Crippen LogP contribution < -0.4 is 0 Å². The highest BCUT2D eigenvalue weighted by Crippen LogP contribution is 2.37. The van der Waals surface area contributed by atoms with Crippen molar-refractivity contribution < 1.29 is 22.7 Å². The van der Waals surface area contributed by atoms with Gasteiger partial charge in [-0.2, -0.15) is 0 Å². The lowest BCUT2D eigenvalue weighted by Gasteiger charge is -2.34. The molecule has 0 aliphatic carbocycles. The van der Waals surface area contributed by atoms with Gasteiger partial charge in [0, 0.05) is 5.56 Å². The molecule has 3 rings (SSSR count). The van der Waals surface area contributed by atoms with Gasteiger partial charge in [0.25, 0.3) is 0 Å². The number of pyridine rings is 1. The number of nitrogens with zero attached hydrogens (tertiary/aromatic N) is 1. The van der Waals surface area contributed by atoms with Crippen molar-refractivity contribution in [1.29, 1.82) is 0 Å². The number of carbonyl (C=O) groups is 1. The summed E-state index contributed by atoms with van der Waals surface area (Å²) in [6, 6.07) is 4.74. The van der Waals surface area contributed by atoms with Crippen LogP contribution in [-0.2, 0) is 10.4 Å². The fourth-order valence-electron chi connectivity index (χ4n) is 2.45. The van der Waals surface area contributed by atoms with E-state index in [1.165, 1.54) is 12.1 Å². The molecule has 0 bridgehead atoms. The molecule has 0 spiro atoms. The van der Waals surface area contributed by atoms with Crippen LogP contribution in [0.2, 0.25) is 0 Å². The van der Waals surface area contributed by atoms with Gasteiger partial charge in [-0.25, -0.2) is 18.2 Å². The van der Waals surface area contributed by atoms with Crippen molar-refractivity contribution >= 4 is 6.29 Å². The summed E-state index contributed by atoms with van der Waals surface area (Å²) in [7, 11) is 0. The van der Waals surface area contributed by atoms with E-state index >= 15 is 0 Å². The summed E-state index contributed by atoms with van der Waals surface area (Å²) >= 11 is 0. The number of aldehydes is 1. The number of alkyl halides is 1. The van der Waals surface area contributed by atoms with Crippen molar-refractivity contribution in [2.24, 2.45) is 0 Å². The minimum atomic E-state index is -1.71. The Bertz CT molecular complexity index is 734. The lowest BCUT2D eigenvalue weighted by Crippen LogP contribution is -2.42. The Labute approximate surface area is 124 Å². The first-order valence-electron chi connectivity index (χ1n) is 6.64. The van der Waals surface area contributed by atoms with Crippen LogP contribution in [0.15, 0.2) is 24.3 Å². The van der Waals surface area contributed by atoms with E-state index in [1.807, 2.05) is 0 Å². The van der Waals surface area contributed by atoms with E-state index in [0.29, 0.717) is 11.8 Å². The SMILES string of the molecule is Cc1cc(C2(F)COC2)cc(F)c1-c1nc(C=O)ccc1F. The first-order valence-corrected chi connectivity index (χ1v) is 6.64. The standard InChI is InChI=1S/C16H12F3NO2/c1-9-4-10(16(19)7-22-8-16)5-13(18)14(9)15-12(17)3-2-11(6-21)20-15/h2-6H,7-8H2,1H3. The Balaban J connectivity index is 2.14. The maximum absolute atomic E-state index is 14.4. The molecule has 0 saturated carbocycles. The van der Waals surface area contributed by atoms with Crippen LogP contribution in [0, 0.1) is 18.6 Å². The van der Waals surface area contributed by atoms with Crippen molar-refractivity contribution in [3.8, 4) is 11.3 Å². The van der Waals surface area contributed by atoms with Gasteiger partial charge >= 0.3 is 0 Å². The second kappa shape index (κ2) is 5.21. The summed E-state index contributed by atoms with van der Waals surface area (Å²) in [4.78, 5) is 14.6. The maximum Gasteiger partial charge on any atom is 0.182 e.